The van der Waals surface area contributed by atoms with Gasteiger partial charge in [0.05, 0.1) is 30.8 Å². The first kappa shape index (κ1) is 34.4. The molecule has 4 aromatic heterocycles. The second-order valence-electron chi connectivity index (χ2n) is 11.7. The first-order chi connectivity index (χ1) is 22.7. The summed E-state index contributed by atoms with van der Waals surface area (Å²) >= 11 is 4.84. The van der Waals surface area contributed by atoms with Gasteiger partial charge in [0.2, 0.25) is 19.7 Å². The second kappa shape index (κ2) is 11.0. The highest BCUT2D eigenvalue weighted by Crippen LogP contribution is 2.66. The molecule has 6 heterocycles. The summed E-state index contributed by atoms with van der Waals surface area (Å²) in [6.07, 6.45) is 1.92. The Labute approximate surface area is 293 Å². The molecule has 2 aliphatic heterocycles. The molecule has 49 heavy (non-hydrogen) atoms. The maximum atomic E-state index is 15.9. The van der Waals surface area contributed by atoms with Crippen LogP contribution in [0.3, 0.4) is 0 Å². The van der Waals surface area contributed by atoms with Crippen LogP contribution < -0.4 is 0 Å². The Morgan fingerprint density at radius 1 is 0.469 bits per heavy atom. The van der Waals surface area contributed by atoms with Gasteiger partial charge in [-0.2, -0.15) is 26.3 Å². The van der Waals surface area contributed by atoms with Crippen LogP contribution >= 0.6 is 45.3 Å². The minimum absolute atomic E-state index is 0.0691. The largest absolute Gasteiger partial charge is 0.380 e. The van der Waals surface area contributed by atoms with Crippen molar-refractivity contribution in [2.75, 3.05) is 0 Å². The van der Waals surface area contributed by atoms with Gasteiger partial charge in [-0.05, 0) is 99.5 Å². The highest BCUT2D eigenvalue weighted by Gasteiger charge is 2.82. The molecule has 0 spiro atoms. The number of aryl methyl sites for hydroxylation is 2. The van der Waals surface area contributed by atoms with Gasteiger partial charge < -0.3 is 0 Å². The number of alkyl halides is 6. The minimum atomic E-state index is -6.16. The lowest BCUT2D eigenvalue weighted by molar-refractivity contribution is -0.263. The number of allylic oxidation sites excluding steroid dienone is 6. The van der Waals surface area contributed by atoms with Crippen molar-refractivity contribution < 1.29 is 43.2 Å². The molecule has 0 N–H and O–H groups in total. The van der Waals surface area contributed by atoms with E-state index in [1.165, 1.54) is 34.8 Å². The summed E-state index contributed by atoms with van der Waals surface area (Å²) in [6, 6.07) is 13.4. The van der Waals surface area contributed by atoms with Crippen LogP contribution in [0.5, 0.6) is 0 Å². The average Bonchev–Trinajstić information content (AvgIpc) is 3.85. The van der Waals surface area contributed by atoms with Crippen molar-refractivity contribution in [1.82, 2.24) is 0 Å². The van der Waals surface area contributed by atoms with Gasteiger partial charge in [0, 0.05) is 39.0 Å². The molecule has 0 fully saturated rings. The molecule has 0 bridgehead atoms. The van der Waals surface area contributed by atoms with Crippen LogP contribution in [-0.2, 0) is 19.7 Å². The third-order valence-electron chi connectivity index (χ3n) is 8.31. The van der Waals surface area contributed by atoms with E-state index in [4.69, 9.17) is 0 Å². The van der Waals surface area contributed by atoms with Crippen molar-refractivity contribution in [2.45, 2.75) is 45.5 Å². The quantitative estimate of drug-likeness (QED) is 0.183. The molecule has 0 unspecified atom stereocenters. The molecule has 0 radical (unpaired) electrons. The molecule has 0 saturated heterocycles. The third-order valence-corrected chi connectivity index (χ3v) is 17.2. The molecule has 7 rings (SSSR count). The van der Waals surface area contributed by atoms with Gasteiger partial charge in [-0.1, -0.05) is 0 Å². The zero-order valence-electron chi connectivity index (χ0n) is 25.6. The van der Waals surface area contributed by atoms with Crippen LogP contribution in [0.2, 0.25) is 0 Å². The van der Waals surface area contributed by atoms with Gasteiger partial charge in [0.1, 0.15) is 0 Å². The lowest BCUT2D eigenvalue weighted by Gasteiger charge is -2.26. The van der Waals surface area contributed by atoms with Crippen LogP contribution in [0.25, 0.3) is 29.3 Å². The van der Waals surface area contributed by atoms with Crippen molar-refractivity contribution in [1.29, 1.82) is 0 Å². The fraction of sp³-hybridized carbons (Fsp3) is 0.212. The third kappa shape index (κ3) is 4.84. The topological polar surface area (TPSA) is 68.3 Å². The molecule has 4 nitrogen and oxygen atoms in total. The van der Waals surface area contributed by atoms with E-state index in [2.05, 4.69) is 0 Å². The molecule has 4 aromatic rings. The molecule has 256 valence electrons. The molecular weight excluding hydrogens is 767 g/mol. The minimum Gasteiger partial charge on any atom is -0.218 e. The van der Waals surface area contributed by atoms with E-state index >= 15 is 26.3 Å². The number of hydrogen-bond donors (Lipinski definition) is 0. The molecule has 16 heteroatoms. The van der Waals surface area contributed by atoms with Crippen LogP contribution in [0.1, 0.15) is 33.4 Å². The number of thiophene rings is 4. The monoisotopic (exact) mass is 788 g/mol. The Balaban J connectivity index is 1.37. The van der Waals surface area contributed by atoms with Gasteiger partial charge in [-0.15, -0.1) is 45.3 Å². The van der Waals surface area contributed by atoms with E-state index in [9.17, 15) is 16.8 Å². The summed E-state index contributed by atoms with van der Waals surface area (Å²) in [6.45, 7) is 5.79. The van der Waals surface area contributed by atoms with Crippen LogP contribution in [0.4, 0.5) is 26.3 Å². The van der Waals surface area contributed by atoms with Crippen molar-refractivity contribution in [3.63, 3.8) is 0 Å². The highest BCUT2D eigenvalue weighted by molar-refractivity contribution is 8.05. The Hall–Kier alpha value is -3.02. The van der Waals surface area contributed by atoms with Crippen molar-refractivity contribution in [3.05, 3.63) is 112 Å². The first-order valence-corrected chi connectivity index (χ1v) is 20.5. The standard InChI is InChI=1S/C33H22F6O4S6/c1-15-13-25(23-11-9-21(46-23)19-7-5-17(3)44-19)48(40,41)29(15)27-28(32(36,37)33(38,39)31(27,34)35)30-16(2)14-26(49(30,42)43)24-12-10-22(47-24)20-8-6-18(4)45-20/h5-14H,1-4H3. The van der Waals surface area contributed by atoms with Crippen molar-refractivity contribution >= 4 is 74.8 Å². The number of rotatable bonds is 6. The molecule has 3 aliphatic rings. The van der Waals surface area contributed by atoms with Gasteiger partial charge in [0.15, 0.2) is 0 Å². The van der Waals surface area contributed by atoms with Gasteiger partial charge in [-0.25, -0.2) is 16.8 Å². The number of hydrogen-bond acceptors (Lipinski definition) is 8. The average molecular weight is 789 g/mol. The van der Waals surface area contributed by atoms with Gasteiger partial charge in [-0.3, -0.25) is 0 Å². The van der Waals surface area contributed by atoms with E-state index < -0.39 is 79.4 Å². The lowest BCUT2D eigenvalue weighted by Crippen LogP contribution is -2.49. The second-order valence-corrected chi connectivity index (χ2v) is 20.1. The highest BCUT2D eigenvalue weighted by atomic mass is 32.2. The summed E-state index contributed by atoms with van der Waals surface area (Å²) in [7, 11) is -10.3. The maximum absolute atomic E-state index is 15.9. The Kier molecular flexibility index (Phi) is 7.72. The van der Waals surface area contributed by atoms with E-state index in [-0.39, 0.29) is 9.75 Å². The van der Waals surface area contributed by atoms with E-state index in [0.717, 1.165) is 68.2 Å². The normalized spacial score (nSPS) is 22.0. The summed E-state index contributed by atoms with van der Waals surface area (Å²) in [5, 5.41) is 0. The number of sulfone groups is 2. The number of halogens is 6. The lowest BCUT2D eigenvalue weighted by atomic mass is 10.0. The van der Waals surface area contributed by atoms with E-state index in [1.54, 1.807) is 12.1 Å². The van der Waals surface area contributed by atoms with E-state index in [0.29, 0.717) is 9.75 Å². The zero-order valence-corrected chi connectivity index (χ0v) is 30.5. The zero-order chi connectivity index (χ0) is 35.6. The molecule has 0 amide bonds. The summed E-state index contributed by atoms with van der Waals surface area (Å²) in [4.78, 5) is 0.950. The van der Waals surface area contributed by atoms with E-state index in [1.807, 2.05) is 38.1 Å². The van der Waals surface area contributed by atoms with Crippen LogP contribution in [0, 0.1) is 13.8 Å². The smallest absolute Gasteiger partial charge is 0.218 e. The Bertz CT molecular complexity index is 2320. The summed E-state index contributed by atoms with van der Waals surface area (Å²) in [5.41, 5.74) is -5.45. The molecule has 1 aliphatic carbocycles. The maximum Gasteiger partial charge on any atom is 0.380 e. The first-order valence-electron chi connectivity index (χ1n) is 14.3. The van der Waals surface area contributed by atoms with Gasteiger partial charge in [0.25, 0.3) is 0 Å². The molecule has 0 saturated carbocycles. The van der Waals surface area contributed by atoms with Crippen molar-refractivity contribution in [3.8, 4) is 19.5 Å². The van der Waals surface area contributed by atoms with Crippen molar-refractivity contribution in [2.24, 2.45) is 0 Å². The predicted molar refractivity (Wildman–Crippen MR) is 186 cm³/mol. The molecule has 0 atom stereocenters. The SMILES string of the molecule is CC1=C(C2=C(C3=C(C)C=C(c4ccc(-c5ccc(C)s5)s4)S3(=O)=O)C(F)(F)C(F)(F)C2(F)F)S(=O)(=O)C(c2ccc(-c3ccc(C)s3)s2)=C1. The fourth-order valence-electron chi connectivity index (χ4n) is 6.07. The van der Waals surface area contributed by atoms with Crippen LogP contribution in [0.15, 0.2) is 92.8 Å². The molecule has 0 aromatic carbocycles. The summed E-state index contributed by atoms with van der Waals surface area (Å²) in [5.74, 6) is -17.7. The van der Waals surface area contributed by atoms with Crippen LogP contribution in [-0.4, -0.2) is 34.6 Å². The fourth-order valence-corrected chi connectivity index (χ4v) is 14.5. The molecular formula is C33H22F6O4S6. The Morgan fingerprint density at radius 2 is 0.776 bits per heavy atom. The Morgan fingerprint density at radius 3 is 1.10 bits per heavy atom. The van der Waals surface area contributed by atoms with Gasteiger partial charge >= 0.3 is 17.8 Å². The summed E-state index contributed by atoms with van der Waals surface area (Å²) < 4.78 is 150. The predicted octanol–water partition coefficient (Wildman–Crippen LogP) is 10.9.